The highest BCUT2D eigenvalue weighted by Gasteiger charge is 2.57. The predicted molar refractivity (Wildman–Crippen MR) is 90.4 cm³/mol. The summed E-state index contributed by atoms with van der Waals surface area (Å²) in [6.45, 7) is 9.18. The second kappa shape index (κ2) is 5.21. The summed E-state index contributed by atoms with van der Waals surface area (Å²) in [7, 11) is 0. The number of ketones is 1. The molecule has 8 atom stereocenters. The van der Waals surface area contributed by atoms with Crippen LogP contribution in [0.4, 0.5) is 0 Å². The molecule has 4 aliphatic rings. The Bertz CT molecular complexity index is 480. The van der Waals surface area contributed by atoms with Gasteiger partial charge in [-0.1, -0.05) is 19.9 Å². The van der Waals surface area contributed by atoms with Crippen molar-refractivity contribution < 1.29 is 4.79 Å². The van der Waals surface area contributed by atoms with E-state index in [0.717, 1.165) is 48.3 Å². The number of carbonyl (C=O) groups excluding carboxylic acids is 1. The predicted octanol–water partition coefficient (Wildman–Crippen LogP) is 5.26. The number of fused-ring (bicyclic) bond motifs is 5. The Morgan fingerprint density at radius 1 is 1.18 bits per heavy atom. The lowest BCUT2D eigenvalue weighted by Crippen LogP contribution is -2.53. The molecule has 0 aliphatic heterocycles. The minimum Gasteiger partial charge on any atom is -0.300 e. The van der Waals surface area contributed by atoms with E-state index in [2.05, 4.69) is 26.5 Å². The van der Waals surface area contributed by atoms with E-state index in [1.807, 2.05) is 0 Å². The molecule has 4 rings (SSSR count). The molecule has 1 heteroatoms. The summed E-state index contributed by atoms with van der Waals surface area (Å²) in [5, 5.41) is 0. The Morgan fingerprint density at radius 2 is 1.95 bits per heavy atom. The van der Waals surface area contributed by atoms with Crippen molar-refractivity contribution in [2.45, 2.75) is 65.2 Å². The first kappa shape index (κ1) is 15.0. The molecule has 4 saturated carbocycles. The lowest BCUT2D eigenvalue weighted by molar-refractivity contribution is -0.137. The van der Waals surface area contributed by atoms with Crippen LogP contribution >= 0.6 is 0 Å². The van der Waals surface area contributed by atoms with Crippen LogP contribution < -0.4 is 0 Å². The lowest BCUT2D eigenvalue weighted by atomic mass is 9.45. The van der Waals surface area contributed by atoms with E-state index in [1.54, 1.807) is 0 Å². The molecular formula is C21H32O. The molecular weight excluding hydrogens is 268 g/mol. The second-order valence-electron chi connectivity index (χ2n) is 9.22. The van der Waals surface area contributed by atoms with E-state index in [1.165, 1.54) is 38.5 Å². The molecule has 5 unspecified atom stereocenters. The zero-order valence-electron chi connectivity index (χ0n) is 14.4. The van der Waals surface area contributed by atoms with Gasteiger partial charge in [-0.05, 0) is 85.4 Å². The third-order valence-corrected chi connectivity index (χ3v) is 8.52. The summed E-state index contributed by atoms with van der Waals surface area (Å²) >= 11 is 0. The number of carbonyl (C=O) groups is 1. The minimum atomic E-state index is 0.461. The van der Waals surface area contributed by atoms with Gasteiger partial charge in [-0.15, -0.1) is 6.58 Å². The average molecular weight is 300 g/mol. The molecule has 4 aliphatic carbocycles. The zero-order valence-corrected chi connectivity index (χ0v) is 14.4. The summed E-state index contributed by atoms with van der Waals surface area (Å²) in [4.78, 5) is 11.9. The number of rotatable bonds is 1. The van der Waals surface area contributed by atoms with Gasteiger partial charge in [0.25, 0.3) is 0 Å². The molecule has 0 aromatic rings. The van der Waals surface area contributed by atoms with Crippen LogP contribution in [-0.2, 0) is 4.79 Å². The monoisotopic (exact) mass is 300 g/mol. The van der Waals surface area contributed by atoms with Gasteiger partial charge < -0.3 is 0 Å². The fourth-order valence-electron chi connectivity index (χ4n) is 7.45. The maximum absolute atomic E-state index is 11.9. The van der Waals surface area contributed by atoms with Gasteiger partial charge in [-0.25, -0.2) is 0 Å². The highest BCUT2D eigenvalue weighted by atomic mass is 16.1. The Balaban J connectivity index is 1.63. The van der Waals surface area contributed by atoms with Gasteiger partial charge in [0.1, 0.15) is 5.78 Å². The van der Waals surface area contributed by atoms with Crippen LogP contribution in [0.2, 0.25) is 0 Å². The topological polar surface area (TPSA) is 17.1 Å². The second-order valence-corrected chi connectivity index (χ2v) is 9.22. The van der Waals surface area contributed by atoms with Crippen molar-refractivity contribution in [3.63, 3.8) is 0 Å². The molecule has 22 heavy (non-hydrogen) atoms. The lowest BCUT2D eigenvalue weighted by Gasteiger charge is -2.59. The van der Waals surface area contributed by atoms with Gasteiger partial charge >= 0.3 is 0 Å². The van der Waals surface area contributed by atoms with Crippen LogP contribution in [0.15, 0.2) is 12.7 Å². The van der Waals surface area contributed by atoms with Gasteiger partial charge in [0.05, 0.1) is 0 Å². The molecule has 0 heterocycles. The van der Waals surface area contributed by atoms with Crippen molar-refractivity contribution in [3.8, 4) is 0 Å². The molecule has 4 fully saturated rings. The summed E-state index contributed by atoms with van der Waals surface area (Å²) < 4.78 is 0. The summed E-state index contributed by atoms with van der Waals surface area (Å²) in [6.07, 6.45) is 12.1. The first-order chi connectivity index (χ1) is 10.5. The largest absolute Gasteiger partial charge is 0.300 e. The normalized spacial score (nSPS) is 54.3. The van der Waals surface area contributed by atoms with E-state index < -0.39 is 0 Å². The molecule has 0 aromatic carbocycles. The summed E-state index contributed by atoms with van der Waals surface area (Å²) in [5.41, 5.74) is 0.461. The Hall–Kier alpha value is -0.590. The van der Waals surface area contributed by atoms with Crippen LogP contribution in [0.25, 0.3) is 0 Å². The third-order valence-electron chi connectivity index (χ3n) is 8.52. The van der Waals surface area contributed by atoms with Crippen molar-refractivity contribution in [3.05, 3.63) is 12.7 Å². The molecule has 122 valence electrons. The van der Waals surface area contributed by atoms with Gasteiger partial charge in [-0.3, -0.25) is 4.79 Å². The highest BCUT2D eigenvalue weighted by molar-refractivity contribution is 5.79. The van der Waals surface area contributed by atoms with Gasteiger partial charge in [0, 0.05) is 12.8 Å². The summed E-state index contributed by atoms with van der Waals surface area (Å²) in [6, 6.07) is 0. The van der Waals surface area contributed by atoms with Crippen LogP contribution in [0, 0.1) is 46.8 Å². The SMILES string of the molecule is C=C[C@H]1CCC2C3CCC4CC(=O)CC[C@]4(C)C3C[C@@H](C)C21. The van der Waals surface area contributed by atoms with Crippen molar-refractivity contribution in [1.29, 1.82) is 0 Å². The van der Waals surface area contributed by atoms with Crippen molar-refractivity contribution in [2.75, 3.05) is 0 Å². The van der Waals surface area contributed by atoms with Crippen LogP contribution in [-0.4, -0.2) is 5.78 Å². The maximum atomic E-state index is 11.9. The molecule has 1 nitrogen and oxygen atoms in total. The van der Waals surface area contributed by atoms with E-state index in [4.69, 9.17) is 0 Å². The third kappa shape index (κ3) is 2.00. The molecule has 0 N–H and O–H groups in total. The molecule has 0 amide bonds. The number of Topliss-reactive ketones (excluding diaryl/α,β-unsaturated/α-hetero) is 1. The van der Waals surface area contributed by atoms with Gasteiger partial charge in [0.2, 0.25) is 0 Å². The van der Waals surface area contributed by atoms with Crippen molar-refractivity contribution in [1.82, 2.24) is 0 Å². The van der Waals surface area contributed by atoms with Crippen LogP contribution in [0.3, 0.4) is 0 Å². The van der Waals surface area contributed by atoms with E-state index >= 15 is 0 Å². The van der Waals surface area contributed by atoms with Gasteiger partial charge in [0.15, 0.2) is 0 Å². The number of hydrogen-bond donors (Lipinski definition) is 0. The molecule has 0 saturated heterocycles. The standard InChI is InChI=1S/C21H32O/c1-4-14-5-7-18-17-8-6-15-12-16(22)9-10-21(15,3)19(17)11-13(2)20(14)18/h4,13-15,17-20H,1,5-12H2,2-3H3/t13-,14+,15?,17?,18?,19?,20?,21+/m1/s1. The first-order valence-corrected chi connectivity index (χ1v) is 9.69. The summed E-state index contributed by atoms with van der Waals surface area (Å²) in [5.74, 6) is 6.55. The van der Waals surface area contributed by atoms with E-state index in [-0.39, 0.29) is 0 Å². The Morgan fingerprint density at radius 3 is 2.73 bits per heavy atom. The maximum Gasteiger partial charge on any atom is 0.133 e. The number of hydrogen-bond acceptors (Lipinski definition) is 1. The van der Waals surface area contributed by atoms with Crippen molar-refractivity contribution in [2.24, 2.45) is 46.8 Å². The van der Waals surface area contributed by atoms with Crippen molar-refractivity contribution >= 4 is 5.78 Å². The fourth-order valence-corrected chi connectivity index (χ4v) is 7.45. The Kier molecular flexibility index (Phi) is 3.55. The zero-order chi connectivity index (χ0) is 15.5. The highest BCUT2D eigenvalue weighted by Crippen LogP contribution is 2.64. The van der Waals surface area contributed by atoms with E-state index in [0.29, 0.717) is 17.1 Å². The number of allylic oxidation sites excluding steroid dienone is 1. The molecule has 0 radical (unpaired) electrons. The fraction of sp³-hybridized carbons (Fsp3) is 0.857. The average Bonchev–Trinajstić information content (AvgIpc) is 2.94. The van der Waals surface area contributed by atoms with E-state index in [9.17, 15) is 4.79 Å². The first-order valence-electron chi connectivity index (χ1n) is 9.69. The van der Waals surface area contributed by atoms with Gasteiger partial charge in [-0.2, -0.15) is 0 Å². The Labute approximate surface area is 135 Å². The van der Waals surface area contributed by atoms with Crippen LogP contribution in [0.5, 0.6) is 0 Å². The minimum absolute atomic E-state index is 0.461. The molecule has 0 aromatic heterocycles. The quantitative estimate of drug-likeness (QED) is 0.604. The van der Waals surface area contributed by atoms with Crippen LogP contribution in [0.1, 0.15) is 65.2 Å². The smallest absolute Gasteiger partial charge is 0.133 e. The molecule has 0 bridgehead atoms. The molecule has 0 spiro atoms.